The van der Waals surface area contributed by atoms with E-state index in [-0.39, 0.29) is 29.0 Å². The molecule has 2 heterocycles. The van der Waals surface area contributed by atoms with Crippen LogP contribution < -0.4 is 5.73 Å². The summed E-state index contributed by atoms with van der Waals surface area (Å²) in [5.74, 6) is 0.116. The van der Waals surface area contributed by atoms with Gasteiger partial charge in [-0.2, -0.15) is 4.98 Å². The Bertz CT molecular complexity index is 676. The van der Waals surface area contributed by atoms with Crippen molar-refractivity contribution in [2.75, 3.05) is 5.73 Å². The highest BCUT2D eigenvalue weighted by atomic mass is 19.1. The van der Waals surface area contributed by atoms with Crippen molar-refractivity contribution in [1.29, 1.82) is 0 Å². The van der Waals surface area contributed by atoms with Crippen LogP contribution in [-0.4, -0.2) is 20.5 Å². The summed E-state index contributed by atoms with van der Waals surface area (Å²) in [5.41, 5.74) is 6.29. The molecule has 0 radical (unpaired) electrons. The van der Waals surface area contributed by atoms with Gasteiger partial charge in [0.25, 0.3) is 5.89 Å². The fourth-order valence-electron chi connectivity index (χ4n) is 1.38. The average molecular weight is 247 g/mol. The van der Waals surface area contributed by atoms with Crippen molar-refractivity contribution in [3.8, 4) is 23.0 Å². The van der Waals surface area contributed by atoms with Crippen molar-refractivity contribution >= 4 is 5.82 Å². The summed E-state index contributed by atoms with van der Waals surface area (Å²) in [6, 6.07) is 5.64. The van der Waals surface area contributed by atoms with Gasteiger partial charge < -0.3 is 10.3 Å². The minimum Gasteiger partial charge on any atom is -0.379 e. The summed E-state index contributed by atoms with van der Waals surface area (Å²) < 4.78 is 22.2. The molecule has 0 atom stereocenters. The molecule has 0 aliphatic rings. The lowest BCUT2D eigenvalue weighted by molar-refractivity contribution is 0.310. The van der Waals surface area contributed by atoms with Gasteiger partial charge in [0.2, 0.25) is 5.82 Å². The predicted molar refractivity (Wildman–Crippen MR) is 57.4 cm³/mol. The second-order valence-corrected chi connectivity index (χ2v) is 3.43. The van der Waals surface area contributed by atoms with Gasteiger partial charge in [0, 0.05) is 5.56 Å². The zero-order valence-corrected chi connectivity index (χ0v) is 8.87. The van der Waals surface area contributed by atoms with Gasteiger partial charge in [-0.15, -0.1) is 0 Å². The molecule has 1 aromatic carbocycles. The van der Waals surface area contributed by atoms with Crippen molar-refractivity contribution in [3.05, 3.63) is 30.1 Å². The van der Waals surface area contributed by atoms with Crippen LogP contribution in [0.25, 0.3) is 23.0 Å². The first-order chi connectivity index (χ1) is 8.74. The van der Waals surface area contributed by atoms with E-state index in [1.807, 2.05) is 0 Å². The van der Waals surface area contributed by atoms with Gasteiger partial charge in [0.1, 0.15) is 5.82 Å². The Morgan fingerprint density at radius 1 is 1.06 bits per heavy atom. The number of nitrogens with zero attached hydrogens (tertiary/aromatic N) is 4. The fraction of sp³-hybridized carbons (Fsp3) is 0. The number of nitrogens with two attached hydrogens (primary N) is 1. The molecule has 8 heteroatoms. The molecule has 0 saturated carbocycles. The molecule has 3 rings (SSSR count). The van der Waals surface area contributed by atoms with Gasteiger partial charge in [-0.3, -0.25) is 0 Å². The van der Waals surface area contributed by atoms with E-state index in [4.69, 9.17) is 10.3 Å². The molecule has 0 fully saturated rings. The fourth-order valence-corrected chi connectivity index (χ4v) is 1.38. The third kappa shape index (κ3) is 1.69. The Morgan fingerprint density at radius 3 is 2.50 bits per heavy atom. The van der Waals surface area contributed by atoms with Crippen molar-refractivity contribution in [2.45, 2.75) is 0 Å². The van der Waals surface area contributed by atoms with Gasteiger partial charge >= 0.3 is 0 Å². The highest BCUT2D eigenvalue weighted by Crippen LogP contribution is 2.23. The van der Waals surface area contributed by atoms with Crippen LogP contribution in [0.5, 0.6) is 0 Å². The number of benzene rings is 1. The molecule has 2 aromatic heterocycles. The molecule has 0 amide bonds. The van der Waals surface area contributed by atoms with E-state index in [1.54, 1.807) is 0 Å². The second-order valence-electron chi connectivity index (χ2n) is 3.43. The molecule has 90 valence electrons. The van der Waals surface area contributed by atoms with Crippen LogP contribution in [0.1, 0.15) is 0 Å². The van der Waals surface area contributed by atoms with Crippen molar-refractivity contribution in [3.63, 3.8) is 0 Å². The second kappa shape index (κ2) is 3.91. The van der Waals surface area contributed by atoms with Crippen LogP contribution in [-0.2, 0) is 0 Å². The lowest BCUT2D eigenvalue weighted by Gasteiger charge is -1.92. The first-order valence-electron chi connectivity index (χ1n) is 4.92. The molecule has 0 saturated heterocycles. The van der Waals surface area contributed by atoms with Gasteiger partial charge in [0.05, 0.1) is 0 Å². The topological polar surface area (TPSA) is 104 Å². The van der Waals surface area contributed by atoms with Gasteiger partial charge in [-0.25, -0.2) is 9.02 Å². The number of anilines is 1. The van der Waals surface area contributed by atoms with Crippen LogP contribution >= 0.6 is 0 Å². The van der Waals surface area contributed by atoms with Gasteiger partial charge in [0.15, 0.2) is 11.5 Å². The van der Waals surface area contributed by atoms with E-state index in [0.717, 1.165) is 0 Å². The van der Waals surface area contributed by atoms with Crippen LogP contribution in [0.4, 0.5) is 10.2 Å². The number of rotatable bonds is 2. The van der Waals surface area contributed by atoms with Crippen LogP contribution in [0, 0.1) is 5.82 Å². The monoisotopic (exact) mass is 247 g/mol. The van der Waals surface area contributed by atoms with Crippen molar-refractivity contribution in [2.24, 2.45) is 0 Å². The first kappa shape index (κ1) is 10.4. The highest BCUT2D eigenvalue weighted by Gasteiger charge is 2.17. The van der Waals surface area contributed by atoms with Crippen LogP contribution in [0.15, 0.2) is 33.4 Å². The third-order valence-corrected chi connectivity index (χ3v) is 2.24. The lowest BCUT2D eigenvalue weighted by atomic mass is 10.2. The van der Waals surface area contributed by atoms with E-state index in [0.29, 0.717) is 5.56 Å². The smallest absolute Gasteiger partial charge is 0.258 e. The molecule has 0 spiro atoms. The highest BCUT2D eigenvalue weighted by molar-refractivity contribution is 5.64. The molecular weight excluding hydrogens is 241 g/mol. The summed E-state index contributed by atoms with van der Waals surface area (Å²) in [4.78, 5) is 4.07. The van der Waals surface area contributed by atoms with Crippen LogP contribution in [0.3, 0.4) is 0 Å². The zero-order valence-electron chi connectivity index (χ0n) is 8.87. The van der Waals surface area contributed by atoms with Gasteiger partial charge in [-0.1, -0.05) is 5.16 Å². The predicted octanol–water partition coefficient (Wildman–Crippen LogP) is 1.51. The number of nitrogen functional groups attached to an aromatic ring is 1. The number of halogens is 1. The summed E-state index contributed by atoms with van der Waals surface area (Å²) >= 11 is 0. The van der Waals surface area contributed by atoms with E-state index in [1.165, 1.54) is 24.3 Å². The Balaban J connectivity index is 1.99. The molecule has 7 nitrogen and oxygen atoms in total. The molecule has 18 heavy (non-hydrogen) atoms. The summed E-state index contributed by atoms with van der Waals surface area (Å²) in [6.07, 6.45) is 0. The summed E-state index contributed by atoms with van der Waals surface area (Å²) in [6.45, 7) is 0. The Kier molecular flexibility index (Phi) is 2.26. The minimum atomic E-state index is -0.344. The SMILES string of the molecule is Nc1nonc1-c1noc(-c2ccc(F)cc2)n1. The molecule has 0 aliphatic heterocycles. The minimum absolute atomic E-state index is 0.0708. The standard InChI is InChI=1S/C10H6FN5O2/c11-6-3-1-5(2-4-6)10-13-9(16-17-10)7-8(12)15-18-14-7/h1-4H,(H2,12,15). The normalized spacial score (nSPS) is 10.7. The maximum atomic E-state index is 12.8. The molecule has 0 aliphatic carbocycles. The molecule has 0 unspecified atom stereocenters. The first-order valence-corrected chi connectivity index (χ1v) is 4.92. The number of hydrogen-bond acceptors (Lipinski definition) is 7. The molecular formula is C10H6FN5O2. The molecule has 2 N–H and O–H groups in total. The number of hydrogen-bond donors (Lipinski definition) is 1. The van der Waals surface area contributed by atoms with E-state index in [2.05, 4.69) is 25.1 Å². The van der Waals surface area contributed by atoms with Gasteiger partial charge in [-0.05, 0) is 34.6 Å². The maximum Gasteiger partial charge on any atom is 0.258 e. The van der Waals surface area contributed by atoms with E-state index in [9.17, 15) is 4.39 Å². The largest absolute Gasteiger partial charge is 0.379 e. The zero-order chi connectivity index (χ0) is 12.5. The van der Waals surface area contributed by atoms with E-state index < -0.39 is 0 Å². The lowest BCUT2D eigenvalue weighted by Crippen LogP contribution is -1.89. The quantitative estimate of drug-likeness (QED) is 0.731. The Labute approximate surface area is 99.4 Å². The van der Waals surface area contributed by atoms with Crippen LogP contribution in [0.2, 0.25) is 0 Å². The van der Waals surface area contributed by atoms with Crippen molar-refractivity contribution in [1.82, 2.24) is 20.5 Å². The summed E-state index contributed by atoms with van der Waals surface area (Å²) in [5, 5.41) is 10.7. The Morgan fingerprint density at radius 2 is 1.83 bits per heavy atom. The molecule has 3 aromatic rings. The average Bonchev–Trinajstić information content (AvgIpc) is 2.98. The van der Waals surface area contributed by atoms with Crippen molar-refractivity contribution < 1.29 is 13.5 Å². The molecule has 0 bridgehead atoms. The third-order valence-electron chi connectivity index (χ3n) is 2.24. The van der Waals surface area contributed by atoms with E-state index >= 15 is 0 Å². The Hall–Kier alpha value is -2.77. The maximum absolute atomic E-state index is 12.8. The number of aromatic nitrogens is 4. The summed E-state index contributed by atoms with van der Waals surface area (Å²) in [7, 11) is 0.